The summed E-state index contributed by atoms with van der Waals surface area (Å²) in [6.07, 6.45) is 45.1. The van der Waals surface area contributed by atoms with Gasteiger partial charge in [0.1, 0.15) is 6.10 Å². The quantitative estimate of drug-likeness (QED) is 0.0364. The molecular weight excluding hydrogens is 554 g/mol. The summed E-state index contributed by atoms with van der Waals surface area (Å²) in [6, 6.07) is -0.999. The fraction of sp³-hybridized carbons (Fsp3) is 0.878. The van der Waals surface area contributed by atoms with Gasteiger partial charge < -0.3 is 15.9 Å². The molecule has 0 heterocycles. The Bertz CT molecular complexity index is 661. The summed E-state index contributed by atoms with van der Waals surface area (Å²) < 4.78 is 0. The number of hydrogen-bond donors (Lipinski definition) is 3. The first kappa shape index (κ1) is 44.0. The lowest BCUT2D eigenvalue weighted by Crippen LogP contribution is -2.47. The molecule has 0 aliphatic carbocycles. The van der Waals surface area contributed by atoms with Crippen molar-refractivity contribution in [3.8, 4) is 0 Å². The van der Waals surface area contributed by atoms with Gasteiger partial charge in [-0.15, -0.1) is 0 Å². The molecule has 0 spiro atoms. The van der Waals surface area contributed by atoms with Crippen molar-refractivity contribution in [3.63, 3.8) is 0 Å². The number of aliphatic hydroxyl groups is 2. The lowest BCUT2D eigenvalue weighted by atomic mass is 10.0. The molecule has 3 atom stereocenters. The number of rotatable bonds is 36. The molecule has 4 nitrogen and oxygen atoms in total. The van der Waals surface area contributed by atoms with Gasteiger partial charge >= 0.3 is 0 Å². The predicted octanol–water partition coefficient (Wildman–Crippen LogP) is 11.8. The molecule has 45 heavy (non-hydrogen) atoms. The van der Waals surface area contributed by atoms with Gasteiger partial charge in [0.15, 0.2) is 5.78 Å². The minimum Gasteiger partial charge on any atom is -0.387 e. The Morgan fingerprint density at radius 1 is 0.489 bits per heavy atom. The standard InChI is InChI=1S/C41H79NO3/c1-3-5-7-9-11-13-15-17-18-19-20-21-22-23-25-27-29-31-33-35-37-39(44)41(45)40(42)38(43)36-34-32-30-28-26-24-16-14-12-10-8-6-4-2/h34-38,40-41,43,45H,3-33,42H2,1-2H3/b36-34+,37-35?/t38-,40-,41?/m1/s1. The highest BCUT2D eigenvalue weighted by Crippen LogP contribution is 2.15. The number of unbranched alkanes of at least 4 members (excludes halogenated alkanes) is 29. The second kappa shape index (κ2) is 35.9. The molecule has 0 aliphatic heterocycles. The van der Waals surface area contributed by atoms with E-state index < -0.39 is 24.0 Å². The van der Waals surface area contributed by atoms with Gasteiger partial charge in [0, 0.05) is 0 Å². The topological polar surface area (TPSA) is 83.6 Å². The monoisotopic (exact) mass is 634 g/mol. The molecule has 0 saturated carbocycles. The average Bonchev–Trinajstić information content (AvgIpc) is 3.05. The van der Waals surface area contributed by atoms with Crippen LogP contribution < -0.4 is 5.73 Å². The number of ketones is 1. The first-order chi connectivity index (χ1) is 22.0. The molecule has 0 radical (unpaired) electrons. The van der Waals surface area contributed by atoms with E-state index in [0.29, 0.717) is 0 Å². The first-order valence-corrected chi connectivity index (χ1v) is 20.0. The molecule has 0 amide bonds. The Hall–Kier alpha value is -0.970. The van der Waals surface area contributed by atoms with E-state index in [4.69, 9.17) is 5.73 Å². The van der Waals surface area contributed by atoms with Crippen molar-refractivity contribution in [1.29, 1.82) is 0 Å². The Kier molecular flexibility index (Phi) is 35.1. The van der Waals surface area contributed by atoms with E-state index >= 15 is 0 Å². The lowest BCUT2D eigenvalue weighted by molar-refractivity contribution is -0.124. The van der Waals surface area contributed by atoms with E-state index in [0.717, 1.165) is 25.7 Å². The summed E-state index contributed by atoms with van der Waals surface area (Å²) in [6.45, 7) is 4.54. The molecule has 0 bridgehead atoms. The molecule has 0 aromatic rings. The molecule has 0 saturated heterocycles. The van der Waals surface area contributed by atoms with Crippen LogP contribution in [0.15, 0.2) is 24.3 Å². The molecule has 0 rings (SSSR count). The molecule has 4 N–H and O–H groups in total. The number of carbonyl (C=O) groups is 1. The van der Waals surface area contributed by atoms with Crippen LogP contribution in [0.25, 0.3) is 0 Å². The zero-order valence-corrected chi connectivity index (χ0v) is 30.3. The van der Waals surface area contributed by atoms with Crippen LogP contribution in [-0.4, -0.2) is 34.2 Å². The Balaban J connectivity index is 3.62. The minimum absolute atomic E-state index is 0.414. The zero-order chi connectivity index (χ0) is 33.1. The van der Waals surface area contributed by atoms with Crippen LogP contribution in [0.1, 0.15) is 213 Å². The molecule has 0 aliphatic rings. The third kappa shape index (κ3) is 31.4. The van der Waals surface area contributed by atoms with E-state index in [-0.39, 0.29) is 0 Å². The van der Waals surface area contributed by atoms with Crippen molar-refractivity contribution >= 4 is 5.78 Å². The van der Waals surface area contributed by atoms with E-state index in [1.54, 1.807) is 6.08 Å². The summed E-state index contributed by atoms with van der Waals surface area (Å²) in [5, 5.41) is 20.6. The number of nitrogens with two attached hydrogens (primary N) is 1. The maximum Gasteiger partial charge on any atom is 0.185 e. The SMILES string of the molecule is CCCCCCCCCCCCC/C=C/[C@@H](O)[C@@H](N)C(O)C(=O)C=CCCCCCCCCCCCCCCCCCCCC. The van der Waals surface area contributed by atoms with E-state index in [9.17, 15) is 15.0 Å². The first-order valence-electron chi connectivity index (χ1n) is 20.0. The average molecular weight is 634 g/mol. The van der Waals surface area contributed by atoms with Gasteiger partial charge in [-0.1, -0.05) is 205 Å². The number of aliphatic hydroxyl groups excluding tert-OH is 2. The molecule has 0 fully saturated rings. The Morgan fingerprint density at radius 2 is 0.778 bits per heavy atom. The lowest BCUT2D eigenvalue weighted by Gasteiger charge is -2.19. The van der Waals surface area contributed by atoms with Crippen molar-refractivity contribution in [2.45, 2.75) is 231 Å². The minimum atomic E-state index is -1.37. The summed E-state index contributed by atoms with van der Waals surface area (Å²) in [7, 11) is 0. The number of allylic oxidation sites excluding steroid dienone is 2. The van der Waals surface area contributed by atoms with Crippen molar-refractivity contribution in [2.24, 2.45) is 5.73 Å². The highest BCUT2D eigenvalue weighted by Gasteiger charge is 2.25. The van der Waals surface area contributed by atoms with E-state index in [1.807, 2.05) is 12.2 Å². The van der Waals surface area contributed by atoms with Gasteiger partial charge in [0.2, 0.25) is 0 Å². The highest BCUT2D eigenvalue weighted by molar-refractivity contribution is 5.93. The van der Waals surface area contributed by atoms with Crippen LogP contribution >= 0.6 is 0 Å². The summed E-state index contributed by atoms with van der Waals surface area (Å²) >= 11 is 0. The maximum atomic E-state index is 12.3. The summed E-state index contributed by atoms with van der Waals surface area (Å²) in [4.78, 5) is 12.3. The number of hydrogen-bond acceptors (Lipinski definition) is 4. The third-order valence-electron chi connectivity index (χ3n) is 9.36. The van der Waals surface area contributed by atoms with Crippen molar-refractivity contribution in [3.05, 3.63) is 24.3 Å². The van der Waals surface area contributed by atoms with Gasteiger partial charge in [-0.3, -0.25) is 4.79 Å². The van der Waals surface area contributed by atoms with Crippen LogP contribution in [0.5, 0.6) is 0 Å². The van der Waals surface area contributed by atoms with Crippen LogP contribution in [0.2, 0.25) is 0 Å². The Morgan fingerprint density at radius 3 is 1.11 bits per heavy atom. The molecule has 0 aromatic heterocycles. The maximum absolute atomic E-state index is 12.3. The van der Waals surface area contributed by atoms with Gasteiger partial charge in [-0.05, 0) is 31.8 Å². The van der Waals surface area contributed by atoms with Crippen molar-refractivity contribution in [1.82, 2.24) is 0 Å². The van der Waals surface area contributed by atoms with Gasteiger partial charge in [-0.2, -0.15) is 0 Å². The van der Waals surface area contributed by atoms with Gasteiger partial charge in [0.05, 0.1) is 12.1 Å². The highest BCUT2D eigenvalue weighted by atomic mass is 16.3. The Labute approximate surface area is 281 Å². The molecule has 0 aromatic carbocycles. The molecular formula is C41H79NO3. The second-order valence-electron chi connectivity index (χ2n) is 13.9. The van der Waals surface area contributed by atoms with Gasteiger partial charge in [-0.25, -0.2) is 0 Å². The summed E-state index contributed by atoms with van der Waals surface area (Å²) in [5.74, 6) is -0.414. The fourth-order valence-corrected chi connectivity index (χ4v) is 6.13. The van der Waals surface area contributed by atoms with Crippen molar-refractivity contribution < 1.29 is 15.0 Å². The van der Waals surface area contributed by atoms with Crippen LogP contribution in [0.4, 0.5) is 0 Å². The molecule has 4 heteroatoms. The van der Waals surface area contributed by atoms with Crippen LogP contribution in [-0.2, 0) is 4.79 Å². The van der Waals surface area contributed by atoms with E-state index in [2.05, 4.69) is 13.8 Å². The second-order valence-corrected chi connectivity index (χ2v) is 13.9. The normalized spacial score (nSPS) is 14.1. The van der Waals surface area contributed by atoms with Crippen molar-refractivity contribution in [2.75, 3.05) is 0 Å². The van der Waals surface area contributed by atoms with E-state index in [1.165, 1.54) is 179 Å². The third-order valence-corrected chi connectivity index (χ3v) is 9.36. The fourth-order valence-electron chi connectivity index (χ4n) is 6.13. The summed E-state index contributed by atoms with van der Waals surface area (Å²) in [5.41, 5.74) is 5.98. The zero-order valence-electron chi connectivity index (χ0n) is 30.3. The van der Waals surface area contributed by atoms with Crippen LogP contribution in [0.3, 0.4) is 0 Å². The number of carbonyl (C=O) groups excluding carboxylic acids is 1. The van der Waals surface area contributed by atoms with Gasteiger partial charge in [0.25, 0.3) is 0 Å². The smallest absolute Gasteiger partial charge is 0.185 e. The largest absolute Gasteiger partial charge is 0.387 e. The molecule has 1 unspecified atom stereocenters. The molecule has 266 valence electrons. The van der Waals surface area contributed by atoms with Crippen LogP contribution in [0, 0.1) is 0 Å². The predicted molar refractivity (Wildman–Crippen MR) is 198 cm³/mol.